The summed E-state index contributed by atoms with van der Waals surface area (Å²) in [4.78, 5) is 14.6. The van der Waals surface area contributed by atoms with Gasteiger partial charge in [0.05, 0.1) is 11.2 Å². The summed E-state index contributed by atoms with van der Waals surface area (Å²) in [6.07, 6.45) is 0. The molecule has 1 fully saturated rings. The molecule has 0 radical (unpaired) electrons. The van der Waals surface area contributed by atoms with E-state index in [2.05, 4.69) is 113 Å². The molecule has 6 aromatic carbocycles. The molecule has 0 saturated carbocycles. The number of hydrogen-bond acceptors (Lipinski definition) is 5. The molecule has 49 heavy (non-hydrogen) atoms. The zero-order valence-corrected chi connectivity index (χ0v) is 28.1. The van der Waals surface area contributed by atoms with Gasteiger partial charge in [0.1, 0.15) is 0 Å². The zero-order chi connectivity index (χ0) is 33.6. The van der Waals surface area contributed by atoms with Crippen molar-refractivity contribution in [1.82, 2.24) is 15.0 Å². The van der Waals surface area contributed by atoms with Crippen molar-refractivity contribution in [2.24, 2.45) is 0 Å². The van der Waals surface area contributed by atoms with Crippen LogP contribution in [0.1, 0.15) is 27.7 Å². The fraction of sp³-hybridized carbons (Fsp3) is 0.140. The molecule has 1 aliphatic rings. The first-order chi connectivity index (χ1) is 23.8. The van der Waals surface area contributed by atoms with Gasteiger partial charge in [-0.25, -0.2) is 15.0 Å². The fourth-order valence-corrected chi connectivity index (χ4v) is 6.34. The van der Waals surface area contributed by atoms with Gasteiger partial charge in [-0.15, -0.1) is 0 Å². The van der Waals surface area contributed by atoms with Gasteiger partial charge >= 0.3 is 7.12 Å². The average Bonchev–Trinajstić information content (AvgIpc) is 3.37. The molecule has 7 aromatic rings. The van der Waals surface area contributed by atoms with E-state index >= 15 is 0 Å². The Balaban J connectivity index is 1.12. The first-order valence-electron chi connectivity index (χ1n) is 16.7. The molecule has 0 unspecified atom stereocenters. The van der Waals surface area contributed by atoms with Crippen LogP contribution in [0.4, 0.5) is 0 Å². The number of benzene rings is 6. The first kappa shape index (κ1) is 30.9. The van der Waals surface area contributed by atoms with Crippen LogP contribution in [-0.4, -0.2) is 33.3 Å². The molecule has 1 saturated heterocycles. The first-order valence-corrected chi connectivity index (χ1v) is 16.7. The van der Waals surface area contributed by atoms with Crippen molar-refractivity contribution >= 4 is 23.4 Å². The average molecular weight is 638 g/mol. The maximum atomic E-state index is 6.29. The standard InChI is InChI=1S/C43H36BN3O2/c1-42(2)43(3,4)49-44(48-42)34-25-23-30(24-26-34)36-28-27-35(37-17-11-12-18-38(36)37)29-19-21-33(22-20-29)41-46-39(31-13-7-5-8-14-31)45-40(47-41)32-15-9-6-10-16-32/h5-28H,1-4H3. The topological polar surface area (TPSA) is 57.1 Å². The van der Waals surface area contributed by atoms with E-state index in [1.807, 2.05) is 60.7 Å². The second-order valence-corrected chi connectivity index (χ2v) is 13.5. The van der Waals surface area contributed by atoms with Crippen molar-refractivity contribution in [3.05, 3.63) is 146 Å². The highest BCUT2D eigenvalue weighted by Crippen LogP contribution is 2.38. The number of hydrogen-bond donors (Lipinski definition) is 0. The van der Waals surface area contributed by atoms with Crippen molar-refractivity contribution in [3.8, 4) is 56.4 Å². The van der Waals surface area contributed by atoms with Crippen molar-refractivity contribution in [1.29, 1.82) is 0 Å². The lowest BCUT2D eigenvalue weighted by Crippen LogP contribution is -2.41. The molecule has 8 rings (SSSR count). The van der Waals surface area contributed by atoms with Gasteiger partial charge in [-0.3, -0.25) is 0 Å². The maximum absolute atomic E-state index is 6.29. The smallest absolute Gasteiger partial charge is 0.399 e. The van der Waals surface area contributed by atoms with Gasteiger partial charge in [-0.05, 0) is 66.2 Å². The van der Waals surface area contributed by atoms with Gasteiger partial charge in [0.15, 0.2) is 17.5 Å². The van der Waals surface area contributed by atoms with E-state index in [0.717, 1.165) is 33.3 Å². The Kier molecular flexibility index (Phi) is 7.71. The number of fused-ring (bicyclic) bond motifs is 1. The Morgan fingerprint density at radius 2 is 0.735 bits per heavy atom. The summed E-state index contributed by atoms with van der Waals surface area (Å²) in [5.41, 5.74) is 7.75. The van der Waals surface area contributed by atoms with Gasteiger partial charge < -0.3 is 9.31 Å². The van der Waals surface area contributed by atoms with Crippen molar-refractivity contribution < 1.29 is 9.31 Å². The summed E-state index contributed by atoms with van der Waals surface area (Å²) < 4.78 is 12.6. The lowest BCUT2D eigenvalue weighted by Gasteiger charge is -2.32. The quantitative estimate of drug-likeness (QED) is 0.170. The van der Waals surface area contributed by atoms with E-state index in [4.69, 9.17) is 24.3 Å². The molecule has 1 aliphatic heterocycles. The Morgan fingerprint density at radius 1 is 0.388 bits per heavy atom. The molecule has 0 spiro atoms. The largest absolute Gasteiger partial charge is 0.494 e. The van der Waals surface area contributed by atoms with Gasteiger partial charge in [0.25, 0.3) is 0 Å². The molecule has 0 atom stereocenters. The number of rotatable bonds is 6. The Morgan fingerprint density at radius 3 is 1.16 bits per heavy atom. The summed E-state index contributed by atoms with van der Waals surface area (Å²) in [5, 5.41) is 2.39. The van der Waals surface area contributed by atoms with Crippen LogP contribution in [0.2, 0.25) is 0 Å². The molecule has 0 aliphatic carbocycles. The molecule has 1 aromatic heterocycles. The van der Waals surface area contributed by atoms with Crippen molar-refractivity contribution in [3.63, 3.8) is 0 Å². The van der Waals surface area contributed by atoms with E-state index in [9.17, 15) is 0 Å². The van der Waals surface area contributed by atoms with Crippen LogP contribution in [0.15, 0.2) is 146 Å². The van der Waals surface area contributed by atoms with Gasteiger partial charge in [-0.2, -0.15) is 0 Å². The molecular weight excluding hydrogens is 601 g/mol. The molecular formula is C43H36BN3O2. The highest BCUT2D eigenvalue weighted by Gasteiger charge is 2.51. The minimum absolute atomic E-state index is 0.373. The summed E-state index contributed by atoms with van der Waals surface area (Å²) in [7, 11) is -0.381. The van der Waals surface area contributed by atoms with Gasteiger partial charge in [-0.1, -0.05) is 146 Å². The van der Waals surface area contributed by atoms with Crippen LogP contribution in [0, 0.1) is 0 Å². The monoisotopic (exact) mass is 637 g/mol. The van der Waals surface area contributed by atoms with Crippen molar-refractivity contribution in [2.45, 2.75) is 38.9 Å². The predicted molar refractivity (Wildman–Crippen MR) is 200 cm³/mol. The molecule has 6 heteroatoms. The SMILES string of the molecule is CC1(C)OB(c2ccc(-c3ccc(-c4ccc(-c5nc(-c6ccccc6)nc(-c6ccccc6)n5)cc4)c4ccccc34)cc2)OC1(C)C. The Bertz CT molecular complexity index is 2200. The molecule has 2 heterocycles. The molecule has 238 valence electrons. The van der Waals surface area contributed by atoms with E-state index in [0.29, 0.717) is 17.5 Å². The van der Waals surface area contributed by atoms with Crippen molar-refractivity contribution in [2.75, 3.05) is 0 Å². The molecule has 0 amide bonds. The highest BCUT2D eigenvalue weighted by atomic mass is 16.7. The predicted octanol–water partition coefficient (Wildman–Crippen LogP) is 9.66. The molecule has 0 bridgehead atoms. The van der Waals surface area contributed by atoms with Crippen LogP contribution >= 0.6 is 0 Å². The lowest BCUT2D eigenvalue weighted by atomic mass is 9.78. The summed E-state index contributed by atoms with van der Waals surface area (Å²) in [6, 6.07) is 50.2. The van der Waals surface area contributed by atoms with Gasteiger partial charge in [0, 0.05) is 16.7 Å². The van der Waals surface area contributed by atoms with Crippen LogP contribution in [-0.2, 0) is 9.31 Å². The van der Waals surface area contributed by atoms with Crippen LogP contribution in [0.3, 0.4) is 0 Å². The van der Waals surface area contributed by atoms with Crippen LogP contribution in [0.25, 0.3) is 67.2 Å². The van der Waals surface area contributed by atoms with E-state index in [-0.39, 0.29) is 18.3 Å². The van der Waals surface area contributed by atoms with Gasteiger partial charge in [0.2, 0.25) is 0 Å². The minimum Gasteiger partial charge on any atom is -0.399 e. The number of aromatic nitrogens is 3. The van der Waals surface area contributed by atoms with Crippen LogP contribution in [0.5, 0.6) is 0 Å². The summed E-state index contributed by atoms with van der Waals surface area (Å²) in [5.74, 6) is 1.95. The number of nitrogens with zero attached hydrogens (tertiary/aromatic N) is 3. The van der Waals surface area contributed by atoms with E-state index in [1.165, 1.54) is 21.9 Å². The minimum atomic E-state index is -0.381. The summed E-state index contributed by atoms with van der Waals surface area (Å²) >= 11 is 0. The second kappa shape index (κ2) is 12.2. The third kappa shape index (κ3) is 5.84. The normalized spacial score (nSPS) is 15.1. The highest BCUT2D eigenvalue weighted by molar-refractivity contribution is 6.62. The fourth-order valence-electron chi connectivity index (χ4n) is 6.34. The molecule has 5 nitrogen and oxygen atoms in total. The Hall–Kier alpha value is -5.43. The third-order valence-corrected chi connectivity index (χ3v) is 9.82. The zero-order valence-electron chi connectivity index (χ0n) is 28.1. The molecule has 0 N–H and O–H groups in total. The third-order valence-electron chi connectivity index (χ3n) is 9.82. The lowest BCUT2D eigenvalue weighted by molar-refractivity contribution is 0.00578. The Labute approximate surface area is 287 Å². The maximum Gasteiger partial charge on any atom is 0.494 e. The summed E-state index contributed by atoms with van der Waals surface area (Å²) in [6.45, 7) is 8.33. The van der Waals surface area contributed by atoms with Crippen LogP contribution < -0.4 is 5.46 Å². The van der Waals surface area contributed by atoms with E-state index < -0.39 is 0 Å². The second-order valence-electron chi connectivity index (χ2n) is 13.5. The van der Waals surface area contributed by atoms with E-state index in [1.54, 1.807) is 0 Å².